The summed E-state index contributed by atoms with van der Waals surface area (Å²) in [6.07, 6.45) is 0.931. The molecule has 0 fully saturated rings. The second kappa shape index (κ2) is 8.09. The Labute approximate surface area is 104 Å². The third-order valence-electron chi connectivity index (χ3n) is 2.45. The highest BCUT2D eigenvalue weighted by atomic mass is 16.5. The van der Waals surface area contributed by atoms with Crippen LogP contribution in [0.25, 0.3) is 0 Å². The lowest BCUT2D eigenvalue weighted by atomic mass is 10.1. The number of aryl methyl sites for hydroxylation is 2. The van der Waals surface area contributed by atoms with Crippen molar-refractivity contribution < 1.29 is 14.2 Å². The van der Waals surface area contributed by atoms with E-state index >= 15 is 0 Å². The number of benzene rings is 1. The Kier molecular flexibility index (Phi) is 6.67. The molecule has 0 atom stereocenters. The average Bonchev–Trinajstić information content (AvgIpc) is 2.30. The normalized spacial score (nSPS) is 10.5. The van der Waals surface area contributed by atoms with Gasteiger partial charge in [0.25, 0.3) is 0 Å². The molecule has 0 aromatic heterocycles. The van der Waals surface area contributed by atoms with Gasteiger partial charge in [0.05, 0.1) is 6.61 Å². The third kappa shape index (κ3) is 5.71. The van der Waals surface area contributed by atoms with Crippen LogP contribution in [0.4, 0.5) is 0 Å². The van der Waals surface area contributed by atoms with Crippen molar-refractivity contribution in [1.82, 2.24) is 0 Å². The highest BCUT2D eigenvalue weighted by Gasteiger charge is 1.99. The third-order valence-corrected chi connectivity index (χ3v) is 2.45. The van der Waals surface area contributed by atoms with Gasteiger partial charge in [-0.1, -0.05) is 17.7 Å². The van der Waals surface area contributed by atoms with Crippen LogP contribution in [-0.4, -0.2) is 33.5 Å². The van der Waals surface area contributed by atoms with Gasteiger partial charge in [-0.25, -0.2) is 0 Å². The predicted molar refractivity (Wildman–Crippen MR) is 68.7 cm³/mol. The molecule has 0 unspecified atom stereocenters. The Morgan fingerprint density at radius 1 is 1.00 bits per heavy atom. The summed E-state index contributed by atoms with van der Waals surface area (Å²) in [4.78, 5) is 0. The first-order chi connectivity index (χ1) is 8.24. The fourth-order valence-electron chi connectivity index (χ4n) is 1.58. The van der Waals surface area contributed by atoms with E-state index in [9.17, 15) is 0 Å². The lowest BCUT2D eigenvalue weighted by Gasteiger charge is -2.10. The Morgan fingerprint density at radius 2 is 1.82 bits per heavy atom. The van der Waals surface area contributed by atoms with Crippen molar-refractivity contribution in [2.45, 2.75) is 20.3 Å². The largest absolute Gasteiger partial charge is 0.491 e. The van der Waals surface area contributed by atoms with Crippen LogP contribution in [0.3, 0.4) is 0 Å². The molecule has 3 nitrogen and oxygen atoms in total. The summed E-state index contributed by atoms with van der Waals surface area (Å²) in [6, 6.07) is 6.19. The monoisotopic (exact) mass is 238 g/mol. The van der Waals surface area contributed by atoms with Crippen LogP contribution in [0, 0.1) is 13.8 Å². The van der Waals surface area contributed by atoms with Crippen LogP contribution < -0.4 is 4.74 Å². The molecule has 0 radical (unpaired) electrons. The van der Waals surface area contributed by atoms with Crippen LogP contribution in [0.2, 0.25) is 0 Å². The van der Waals surface area contributed by atoms with Crippen molar-refractivity contribution in [3.8, 4) is 5.75 Å². The van der Waals surface area contributed by atoms with Gasteiger partial charge in [-0.3, -0.25) is 0 Å². The molecule has 0 aliphatic rings. The lowest BCUT2D eigenvalue weighted by molar-refractivity contribution is 0.0805. The van der Waals surface area contributed by atoms with Gasteiger partial charge in [0.2, 0.25) is 0 Å². The molecule has 0 aliphatic heterocycles. The Morgan fingerprint density at radius 3 is 2.53 bits per heavy atom. The zero-order chi connectivity index (χ0) is 12.5. The number of hydrogen-bond acceptors (Lipinski definition) is 3. The van der Waals surface area contributed by atoms with Gasteiger partial charge in [-0.2, -0.15) is 0 Å². The summed E-state index contributed by atoms with van der Waals surface area (Å²) in [5.74, 6) is 0.941. The van der Waals surface area contributed by atoms with Crippen molar-refractivity contribution in [3.05, 3.63) is 29.3 Å². The van der Waals surface area contributed by atoms with Crippen LogP contribution >= 0.6 is 0 Å². The molecule has 1 aromatic rings. The smallest absolute Gasteiger partial charge is 0.122 e. The molecule has 1 rings (SSSR count). The maximum absolute atomic E-state index is 5.64. The highest BCUT2D eigenvalue weighted by molar-refractivity contribution is 5.35. The second-order valence-corrected chi connectivity index (χ2v) is 4.08. The summed E-state index contributed by atoms with van der Waals surface area (Å²) in [5, 5.41) is 0. The van der Waals surface area contributed by atoms with E-state index in [1.165, 1.54) is 11.1 Å². The van der Waals surface area contributed by atoms with E-state index < -0.39 is 0 Å². The molecule has 1 aromatic carbocycles. The second-order valence-electron chi connectivity index (χ2n) is 4.08. The summed E-state index contributed by atoms with van der Waals surface area (Å²) < 4.78 is 16.0. The van der Waals surface area contributed by atoms with E-state index in [4.69, 9.17) is 14.2 Å². The minimum absolute atomic E-state index is 0.594. The molecule has 3 heteroatoms. The standard InChI is InChI=1S/C14H22O3/c1-12-5-6-14(13(2)11-12)17-10-9-16-8-4-7-15-3/h5-6,11H,4,7-10H2,1-3H3. The fraction of sp³-hybridized carbons (Fsp3) is 0.571. The SMILES string of the molecule is COCCCOCCOc1ccc(C)cc1C. The van der Waals surface area contributed by atoms with Crippen molar-refractivity contribution in [1.29, 1.82) is 0 Å². The quantitative estimate of drug-likeness (QED) is 0.652. The van der Waals surface area contributed by atoms with E-state index in [1.54, 1.807) is 7.11 Å². The van der Waals surface area contributed by atoms with E-state index in [1.807, 2.05) is 6.07 Å². The molecule has 17 heavy (non-hydrogen) atoms. The summed E-state index contributed by atoms with van der Waals surface area (Å²) >= 11 is 0. The average molecular weight is 238 g/mol. The number of rotatable bonds is 8. The van der Waals surface area contributed by atoms with Gasteiger partial charge < -0.3 is 14.2 Å². The zero-order valence-corrected chi connectivity index (χ0v) is 11.0. The number of hydrogen-bond donors (Lipinski definition) is 0. The van der Waals surface area contributed by atoms with E-state index in [0.717, 1.165) is 25.4 Å². The van der Waals surface area contributed by atoms with Gasteiger partial charge in [0.15, 0.2) is 0 Å². The van der Waals surface area contributed by atoms with Gasteiger partial charge in [0, 0.05) is 20.3 Å². The lowest BCUT2D eigenvalue weighted by Crippen LogP contribution is -2.09. The molecule has 0 N–H and O–H groups in total. The summed E-state index contributed by atoms with van der Waals surface area (Å²) in [5.41, 5.74) is 2.43. The Hall–Kier alpha value is -1.06. The number of ether oxygens (including phenoxy) is 3. The van der Waals surface area contributed by atoms with Crippen LogP contribution in [0.1, 0.15) is 17.5 Å². The van der Waals surface area contributed by atoms with Crippen molar-refractivity contribution >= 4 is 0 Å². The van der Waals surface area contributed by atoms with Crippen molar-refractivity contribution in [3.63, 3.8) is 0 Å². The first-order valence-electron chi connectivity index (χ1n) is 6.01. The first kappa shape index (κ1) is 14.0. The maximum atomic E-state index is 5.64. The summed E-state index contributed by atoms with van der Waals surface area (Å²) in [7, 11) is 1.70. The zero-order valence-electron chi connectivity index (χ0n) is 11.0. The molecule has 0 heterocycles. The predicted octanol–water partition coefficient (Wildman–Crippen LogP) is 2.74. The number of methoxy groups -OCH3 is 1. The van der Waals surface area contributed by atoms with Gasteiger partial charge in [-0.05, 0) is 31.9 Å². The minimum atomic E-state index is 0.594. The van der Waals surface area contributed by atoms with Crippen molar-refractivity contribution in [2.24, 2.45) is 0 Å². The summed E-state index contributed by atoms with van der Waals surface area (Å²) in [6.45, 7) is 6.83. The molecule has 0 amide bonds. The van der Waals surface area contributed by atoms with Gasteiger partial charge in [-0.15, -0.1) is 0 Å². The highest BCUT2D eigenvalue weighted by Crippen LogP contribution is 2.18. The molecule has 0 aliphatic carbocycles. The van der Waals surface area contributed by atoms with Crippen LogP contribution in [-0.2, 0) is 9.47 Å². The minimum Gasteiger partial charge on any atom is -0.491 e. The van der Waals surface area contributed by atoms with Crippen LogP contribution in [0.5, 0.6) is 5.75 Å². The topological polar surface area (TPSA) is 27.7 Å². The maximum Gasteiger partial charge on any atom is 0.122 e. The Bertz CT molecular complexity index is 323. The van der Waals surface area contributed by atoms with Crippen LogP contribution in [0.15, 0.2) is 18.2 Å². The van der Waals surface area contributed by atoms with E-state index in [-0.39, 0.29) is 0 Å². The van der Waals surface area contributed by atoms with E-state index in [2.05, 4.69) is 26.0 Å². The molecular formula is C14H22O3. The first-order valence-corrected chi connectivity index (χ1v) is 6.01. The van der Waals surface area contributed by atoms with E-state index in [0.29, 0.717) is 13.2 Å². The molecule has 96 valence electrons. The molecule has 0 spiro atoms. The molecule has 0 saturated heterocycles. The fourth-order valence-corrected chi connectivity index (χ4v) is 1.58. The van der Waals surface area contributed by atoms with Crippen molar-refractivity contribution in [2.75, 3.05) is 33.5 Å². The Balaban J connectivity index is 2.14. The van der Waals surface area contributed by atoms with Gasteiger partial charge >= 0.3 is 0 Å². The van der Waals surface area contributed by atoms with Gasteiger partial charge in [0.1, 0.15) is 12.4 Å². The molecule has 0 bridgehead atoms. The molecule has 0 saturated carbocycles. The molecular weight excluding hydrogens is 216 g/mol.